The molecule has 0 unspecified atom stereocenters. The predicted octanol–water partition coefficient (Wildman–Crippen LogP) is 4.01. The quantitative estimate of drug-likeness (QED) is 0.550. The molecule has 0 saturated heterocycles. The fourth-order valence-electron chi connectivity index (χ4n) is 2.60. The van der Waals surface area contributed by atoms with Crippen molar-refractivity contribution in [2.24, 2.45) is 0 Å². The lowest BCUT2D eigenvalue weighted by atomic mass is 10.1. The standard InChI is InChI=1S/C18H13FN4/c19-13-5-1-12(2-6-13)17-15-9-16(23-18(15)22-10-21-17)11-3-7-14(20)8-4-11/h1-10H,20H2,(H,21,22,23). The van der Waals surface area contributed by atoms with Crippen LogP contribution >= 0.6 is 0 Å². The van der Waals surface area contributed by atoms with Crippen LogP contribution in [0.25, 0.3) is 33.5 Å². The Hall–Kier alpha value is -3.21. The molecule has 0 aliphatic carbocycles. The van der Waals surface area contributed by atoms with E-state index < -0.39 is 0 Å². The van der Waals surface area contributed by atoms with E-state index in [1.54, 1.807) is 12.1 Å². The summed E-state index contributed by atoms with van der Waals surface area (Å²) in [5.41, 5.74) is 10.8. The molecule has 0 saturated carbocycles. The van der Waals surface area contributed by atoms with Crippen LogP contribution in [0, 0.1) is 5.82 Å². The lowest BCUT2D eigenvalue weighted by Crippen LogP contribution is -1.87. The van der Waals surface area contributed by atoms with Crippen molar-refractivity contribution in [3.05, 3.63) is 66.7 Å². The second-order valence-electron chi connectivity index (χ2n) is 5.30. The van der Waals surface area contributed by atoms with Gasteiger partial charge < -0.3 is 10.7 Å². The Morgan fingerprint density at radius 3 is 2.30 bits per heavy atom. The third-order valence-electron chi connectivity index (χ3n) is 3.77. The molecule has 0 amide bonds. The zero-order valence-electron chi connectivity index (χ0n) is 12.1. The van der Waals surface area contributed by atoms with E-state index in [0.717, 1.165) is 39.2 Å². The summed E-state index contributed by atoms with van der Waals surface area (Å²) >= 11 is 0. The number of rotatable bonds is 2. The maximum atomic E-state index is 13.1. The molecule has 4 rings (SSSR count). The number of fused-ring (bicyclic) bond motifs is 1. The molecule has 3 N–H and O–H groups in total. The molecule has 0 fully saturated rings. The Bertz CT molecular complexity index is 972. The minimum atomic E-state index is -0.268. The first-order chi connectivity index (χ1) is 11.2. The van der Waals surface area contributed by atoms with Crippen molar-refractivity contribution in [1.82, 2.24) is 15.0 Å². The van der Waals surface area contributed by atoms with E-state index in [4.69, 9.17) is 5.73 Å². The summed E-state index contributed by atoms with van der Waals surface area (Å²) in [6.45, 7) is 0. The van der Waals surface area contributed by atoms with Gasteiger partial charge in [-0.25, -0.2) is 14.4 Å². The van der Waals surface area contributed by atoms with Gasteiger partial charge in [0.1, 0.15) is 17.8 Å². The molecule has 2 heterocycles. The summed E-state index contributed by atoms with van der Waals surface area (Å²) in [6, 6.07) is 15.9. The van der Waals surface area contributed by atoms with Gasteiger partial charge in [-0.3, -0.25) is 0 Å². The van der Waals surface area contributed by atoms with E-state index in [2.05, 4.69) is 15.0 Å². The third kappa shape index (κ3) is 2.42. The van der Waals surface area contributed by atoms with E-state index in [9.17, 15) is 4.39 Å². The molecular formula is C18H13FN4. The minimum absolute atomic E-state index is 0.268. The van der Waals surface area contributed by atoms with Crippen molar-refractivity contribution in [3.8, 4) is 22.5 Å². The van der Waals surface area contributed by atoms with Gasteiger partial charge in [-0.1, -0.05) is 12.1 Å². The largest absolute Gasteiger partial charge is 0.399 e. The van der Waals surface area contributed by atoms with Gasteiger partial charge in [0.05, 0.1) is 5.69 Å². The summed E-state index contributed by atoms with van der Waals surface area (Å²) in [5, 5.41) is 0.894. The molecule has 0 aliphatic rings. The monoisotopic (exact) mass is 304 g/mol. The van der Waals surface area contributed by atoms with Crippen LogP contribution in [0.1, 0.15) is 0 Å². The number of nitrogens with zero attached hydrogens (tertiary/aromatic N) is 2. The topological polar surface area (TPSA) is 67.6 Å². The fraction of sp³-hybridized carbons (Fsp3) is 0. The second kappa shape index (κ2) is 5.21. The van der Waals surface area contributed by atoms with E-state index in [1.165, 1.54) is 18.5 Å². The highest BCUT2D eigenvalue weighted by Gasteiger charge is 2.11. The van der Waals surface area contributed by atoms with Crippen molar-refractivity contribution in [2.45, 2.75) is 0 Å². The van der Waals surface area contributed by atoms with E-state index in [1.807, 2.05) is 30.3 Å². The van der Waals surface area contributed by atoms with Crippen molar-refractivity contribution < 1.29 is 4.39 Å². The number of nitrogens with one attached hydrogen (secondary N) is 1. The molecule has 0 radical (unpaired) electrons. The zero-order valence-corrected chi connectivity index (χ0v) is 12.1. The lowest BCUT2D eigenvalue weighted by Gasteiger charge is -2.01. The number of hydrogen-bond acceptors (Lipinski definition) is 3. The Morgan fingerprint density at radius 2 is 1.57 bits per heavy atom. The smallest absolute Gasteiger partial charge is 0.141 e. The molecule has 23 heavy (non-hydrogen) atoms. The molecule has 0 aliphatic heterocycles. The van der Waals surface area contributed by atoms with Crippen LogP contribution in [-0.4, -0.2) is 15.0 Å². The predicted molar refractivity (Wildman–Crippen MR) is 89.1 cm³/mol. The maximum Gasteiger partial charge on any atom is 0.141 e. The molecular weight excluding hydrogens is 291 g/mol. The summed E-state index contributed by atoms with van der Waals surface area (Å²) in [7, 11) is 0. The molecule has 0 spiro atoms. The molecule has 0 atom stereocenters. The Kier molecular flexibility index (Phi) is 3.05. The van der Waals surface area contributed by atoms with Crippen molar-refractivity contribution in [1.29, 1.82) is 0 Å². The zero-order chi connectivity index (χ0) is 15.8. The van der Waals surface area contributed by atoms with Crippen LogP contribution in [0.5, 0.6) is 0 Å². The Balaban J connectivity index is 1.87. The first kappa shape index (κ1) is 13.5. The third-order valence-corrected chi connectivity index (χ3v) is 3.77. The van der Waals surface area contributed by atoms with Crippen molar-refractivity contribution >= 4 is 16.7 Å². The van der Waals surface area contributed by atoms with Crippen molar-refractivity contribution in [2.75, 3.05) is 5.73 Å². The molecule has 5 heteroatoms. The Morgan fingerprint density at radius 1 is 0.870 bits per heavy atom. The highest BCUT2D eigenvalue weighted by Crippen LogP contribution is 2.30. The number of H-pyrrole nitrogens is 1. The van der Waals surface area contributed by atoms with Crippen LogP contribution in [0.4, 0.5) is 10.1 Å². The number of benzene rings is 2. The number of anilines is 1. The van der Waals surface area contributed by atoms with Gasteiger partial charge in [0, 0.05) is 22.3 Å². The van der Waals surface area contributed by atoms with Crippen molar-refractivity contribution in [3.63, 3.8) is 0 Å². The number of nitrogen functional groups attached to an aromatic ring is 1. The van der Waals surface area contributed by atoms with Crippen LogP contribution in [0.2, 0.25) is 0 Å². The highest BCUT2D eigenvalue weighted by molar-refractivity contribution is 5.94. The average molecular weight is 304 g/mol. The molecule has 4 aromatic rings. The van der Waals surface area contributed by atoms with Gasteiger partial charge in [-0.05, 0) is 48.0 Å². The first-order valence-corrected chi connectivity index (χ1v) is 7.16. The average Bonchev–Trinajstić information content (AvgIpc) is 3.00. The normalized spacial score (nSPS) is 11.0. The lowest BCUT2D eigenvalue weighted by molar-refractivity contribution is 0.628. The molecule has 4 nitrogen and oxygen atoms in total. The van der Waals surface area contributed by atoms with Crippen LogP contribution in [0.15, 0.2) is 60.9 Å². The number of aromatic amines is 1. The van der Waals surface area contributed by atoms with Crippen LogP contribution in [0.3, 0.4) is 0 Å². The van der Waals surface area contributed by atoms with Gasteiger partial charge in [0.25, 0.3) is 0 Å². The fourth-order valence-corrected chi connectivity index (χ4v) is 2.60. The SMILES string of the molecule is Nc1ccc(-c2cc3c(-c4ccc(F)cc4)ncnc3[nH]2)cc1. The number of halogens is 1. The van der Waals surface area contributed by atoms with Gasteiger partial charge in [-0.15, -0.1) is 0 Å². The molecule has 2 aromatic carbocycles. The number of aromatic nitrogens is 3. The summed E-state index contributed by atoms with van der Waals surface area (Å²) in [6.07, 6.45) is 1.50. The summed E-state index contributed by atoms with van der Waals surface area (Å²) < 4.78 is 13.1. The van der Waals surface area contributed by atoms with Gasteiger partial charge >= 0.3 is 0 Å². The summed E-state index contributed by atoms with van der Waals surface area (Å²) in [4.78, 5) is 11.9. The van der Waals surface area contributed by atoms with Gasteiger partial charge in [0.2, 0.25) is 0 Å². The first-order valence-electron chi connectivity index (χ1n) is 7.16. The van der Waals surface area contributed by atoms with E-state index in [0.29, 0.717) is 0 Å². The second-order valence-corrected chi connectivity index (χ2v) is 5.30. The van der Waals surface area contributed by atoms with E-state index in [-0.39, 0.29) is 5.82 Å². The summed E-state index contributed by atoms with van der Waals surface area (Å²) in [5.74, 6) is -0.268. The number of nitrogens with two attached hydrogens (primary N) is 1. The molecule has 2 aromatic heterocycles. The minimum Gasteiger partial charge on any atom is -0.399 e. The molecule has 0 bridgehead atoms. The highest BCUT2D eigenvalue weighted by atomic mass is 19.1. The maximum absolute atomic E-state index is 13.1. The van der Waals surface area contributed by atoms with Gasteiger partial charge in [0.15, 0.2) is 0 Å². The number of hydrogen-bond donors (Lipinski definition) is 2. The molecule has 112 valence electrons. The van der Waals surface area contributed by atoms with E-state index >= 15 is 0 Å². The van der Waals surface area contributed by atoms with Crippen LogP contribution in [-0.2, 0) is 0 Å². The van der Waals surface area contributed by atoms with Gasteiger partial charge in [-0.2, -0.15) is 0 Å². The Labute approximate surface area is 131 Å². The van der Waals surface area contributed by atoms with Crippen LogP contribution < -0.4 is 5.73 Å².